The number of quaternary nitrogens is 1. The molecule has 3 aliphatic heterocycles. The number of fused-ring (bicyclic) bond motifs is 1. The van der Waals surface area contributed by atoms with Gasteiger partial charge in [0, 0.05) is 13.1 Å². The number of hydrogen-bond acceptors (Lipinski definition) is 0. The Kier molecular flexibility index (Phi) is 1.82. The summed E-state index contributed by atoms with van der Waals surface area (Å²) in [5, 5.41) is 0. The Bertz CT molecular complexity index is 428. The van der Waals surface area contributed by atoms with Crippen LogP contribution in [0.1, 0.15) is 31.2 Å². The van der Waals surface area contributed by atoms with Gasteiger partial charge in [0.1, 0.15) is 0 Å². The molecule has 2 fully saturated rings. The number of rotatable bonds is 0. The van der Waals surface area contributed by atoms with Crippen molar-refractivity contribution in [3.63, 3.8) is 0 Å². The van der Waals surface area contributed by atoms with Crippen molar-refractivity contribution >= 4 is 12.3 Å². The second kappa shape index (κ2) is 3.13. The molecule has 0 aliphatic carbocycles. The van der Waals surface area contributed by atoms with Gasteiger partial charge in [0.05, 0.1) is 6.54 Å². The van der Waals surface area contributed by atoms with Crippen molar-refractivity contribution in [2.75, 3.05) is 13.1 Å². The highest BCUT2D eigenvalue weighted by Gasteiger charge is 2.48. The first-order valence-electron chi connectivity index (χ1n) is 7.02. The predicted octanol–water partition coefficient (Wildman–Crippen LogP) is 1.91. The molecular formula is C14H20BN. The molecule has 3 heterocycles. The summed E-state index contributed by atoms with van der Waals surface area (Å²) in [7, 11) is 0. The van der Waals surface area contributed by atoms with E-state index in [1.54, 1.807) is 11.0 Å². The summed E-state index contributed by atoms with van der Waals surface area (Å²) in [5.41, 5.74) is 3.47. The molecule has 3 atom stereocenters. The van der Waals surface area contributed by atoms with Crippen molar-refractivity contribution in [1.29, 1.82) is 0 Å². The van der Waals surface area contributed by atoms with Crippen LogP contribution in [-0.4, -0.2) is 24.3 Å². The molecular weight excluding hydrogens is 193 g/mol. The summed E-state index contributed by atoms with van der Waals surface area (Å²) < 4.78 is 1.50. The first-order chi connectivity index (χ1) is 7.89. The Morgan fingerprint density at radius 3 is 3.00 bits per heavy atom. The van der Waals surface area contributed by atoms with Crippen molar-refractivity contribution < 1.29 is 4.39 Å². The smallest absolute Gasteiger partial charge is 0.227 e. The molecule has 4 rings (SSSR count). The second-order valence-electron chi connectivity index (χ2n) is 6.41. The zero-order valence-electron chi connectivity index (χ0n) is 9.99. The third-order valence-electron chi connectivity index (χ3n) is 5.79. The quantitative estimate of drug-likeness (QED) is 0.577. The van der Waals surface area contributed by atoms with Crippen molar-refractivity contribution in [2.24, 2.45) is 0 Å². The fraction of sp³-hybridized carbons (Fsp3) is 0.571. The van der Waals surface area contributed by atoms with E-state index in [0.29, 0.717) is 0 Å². The van der Waals surface area contributed by atoms with Gasteiger partial charge in [-0.15, -0.1) is 11.3 Å². The van der Waals surface area contributed by atoms with Crippen LogP contribution in [0.5, 0.6) is 0 Å². The molecule has 1 aromatic rings. The number of hydrogen-bond donors (Lipinski definition) is 0. The van der Waals surface area contributed by atoms with Crippen LogP contribution in [-0.2, 0) is 6.54 Å². The van der Waals surface area contributed by atoms with Crippen molar-refractivity contribution in [1.82, 2.24) is 0 Å². The standard InChI is InChI=1S/C14H20BN/c1-2-7-14-12(5-1)11-16-9-4-3-6-13(8-10-16)15(14)16/h1-2,5,7,13,15H,3-4,6,8-11H2/t13-,15-,16+/m1/s1. The molecule has 0 spiro atoms. The molecule has 0 aromatic heterocycles. The van der Waals surface area contributed by atoms with Gasteiger partial charge in [-0.3, -0.25) is 0 Å². The SMILES string of the molecule is c1ccc2c(c1)C[N@+]13CCCC[C@H](CC1)[B@H-]23. The van der Waals surface area contributed by atoms with Gasteiger partial charge in [-0.05, 0) is 18.4 Å². The topological polar surface area (TPSA) is 0 Å². The van der Waals surface area contributed by atoms with Gasteiger partial charge in [0.2, 0.25) is 6.85 Å². The monoisotopic (exact) mass is 213 g/mol. The average molecular weight is 213 g/mol. The molecule has 0 N–H and O–H groups in total. The summed E-state index contributed by atoms with van der Waals surface area (Å²) in [6, 6.07) is 9.33. The van der Waals surface area contributed by atoms with Gasteiger partial charge in [0.15, 0.2) is 0 Å². The lowest BCUT2D eigenvalue weighted by atomic mass is 9.47. The van der Waals surface area contributed by atoms with Gasteiger partial charge in [-0.25, -0.2) is 0 Å². The van der Waals surface area contributed by atoms with Crippen molar-refractivity contribution in [3.8, 4) is 0 Å². The zero-order valence-corrected chi connectivity index (χ0v) is 9.99. The molecule has 0 radical (unpaired) electrons. The van der Waals surface area contributed by atoms with Crippen LogP contribution in [0.4, 0.5) is 0 Å². The number of nitrogens with zero attached hydrogens (tertiary/aromatic N) is 1. The lowest BCUT2D eigenvalue weighted by Gasteiger charge is -2.44. The normalized spacial score (nSPS) is 40.2. The molecule has 84 valence electrons. The molecule has 0 amide bonds. The van der Waals surface area contributed by atoms with E-state index in [1.165, 1.54) is 49.7 Å². The summed E-state index contributed by atoms with van der Waals surface area (Å²) in [5.74, 6) is 1.08. The van der Waals surface area contributed by atoms with E-state index in [0.717, 1.165) is 5.82 Å². The minimum Gasteiger partial charge on any atom is -0.510 e. The second-order valence-corrected chi connectivity index (χ2v) is 6.41. The van der Waals surface area contributed by atoms with Gasteiger partial charge in [-0.1, -0.05) is 37.1 Å². The van der Waals surface area contributed by atoms with Crippen molar-refractivity contribution in [3.05, 3.63) is 29.8 Å². The Morgan fingerprint density at radius 2 is 2.00 bits per heavy atom. The summed E-state index contributed by atoms with van der Waals surface area (Å²) in [6.07, 6.45) is 6.02. The van der Waals surface area contributed by atoms with Crippen LogP contribution in [0.15, 0.2) is 24.3 Å². The molecule has 2 bridgehead atoms. The largest absolute Gasteiger partial charge is 0.510 e. The summed E-state index contributed by atoms with van der Waals surface area (Å²) in [4.78, 5) is 0. The third-order valence-corrected chi connectivity index (χ3v) is 5.79. The lowest BCUT2D eigenvalue weighted by molar-refractivity contribution is -0.830. The van der Waals surface area contributed by atoms with Crippen LogP contribution in [0, 0.1) is 0 Å². The van der Waals surface area contributed by atoms with Crippen LogP contribution in [0.2, 0.25) is 5.82 Å². The average Bonchev–Trinajstić information content (AvgIpc) is 2.71. The highest BCUT2D eigenvalue weighted by molar-refractivity contribution is 6.70. The highest BCUT2D eigenvalue weighted by Crippen LogP contribution is 2.44. The highest BCUT2D eigenvalue weighted by atomic mass is 15.3. The van der Waals surface area contributed by atoms with Gasteiger partial charge >= 0.3 is 0 Å². The zero-order chi connectivity index (χ0) is 10.6. The van der Waals surface area contributed by atoms with E-state index in [1.807, 2.05) is 0 Å². The first-order valence-corrected chi connectivity index (χ1v) is 7.02. The van der Waals surface area contributed by atoms with Gasteiger partial charge < -0.3 is 4.39 Å². The molecule has 16 heavy (non-hydrogen) atoms. The van der Waals surface area contributed by atoms with Crippen LogP contribution in [0.3, 0.4) is 0 Å². The van der Waals surface area contributed by atoms with E-state index >= 15 is 0 Å². The lowest BCUT2D eigenvalue weighted by Crippen LogP contribution is -2.54. The molecule has 1 nitrogen and oxygen atoms in total. The minimum atomic E-state index is -0.0655. The van der Waals surface area contributed by atoms with Crippen LogP contribution in [0.25, 0.3) is 0 Å². The molecule has 2 saturated heterocycles. The Hall–Kier alpha value is -0.755. The van der Waals surface area contributed by atoms with E-state index in [2.05, 4.69) is 24.3 Å². The van der Waals surface area contributed by atoms with E-state index < -0.39 is 0 Å². The van der Waals surface area contributed by atoms with Crippen LogP contribution < -0.4 is 5.46 Å². The van der Waals surface area contributed by atoms with E-state index in [-0.39, 0.29) is 6.85 Å². The Morgan fingerprint density at radius 1 is 1.06 bits per heavy atom. The Labute approximate surface area is 98.1 Å². The van der Waals surface area contributed by atoms with Gasteiger partial charge in [-0.2, -0.15) is 0 Å². The molecule has 0 unspecified atom stereocenters. The minimum absolute atomic E-state index is 0.0655. The molecule has 1 aromatic carbocycles. The maximum Gasteiger partial charge on any atom is 0.227 e. The molecule has 0 saturated carbocycles. The van der Waals surface area contributed by atoms with E-state index in [9.17, 15) is 0 Å². The number of benzene rings is 1. The predicted molar refractivity (Wildman–Crippen MR) is 69.1 cm³/mol. The molecule has 3 aliphatic rings. The summed E-state index contributed by atoms with van der Waals surface area (Å²) >= 11 is 0. The Balaban J connectivity index is 1.87. The third kappa shape index (κ3) is 1.06. The maximum atomic E-state index is 2.44. The molecule has 2 heteroatoms. The fourth-order valence-electron chi connectivity index (χ4n) is 5.25. The maximum absolute atomic E-state index is 2.44. The van der Waals surface area contributed by atoms with Crippen LogP contribution >= 0.6 is 0 Å². The first kappa shape index (κ1) is 9.29. The summed E-state index contributed by atoms with van der Waals surface area (Å²) in [6.45, 7) is 4.27. The fourth-order valence-corrected chi connectivity index (χ4v) is 5.25. The van der Waals surface area contributed by atoms with E-state index in [4.69, 9.17) is 0 Å². The van der Waals surface area contributed by atoms with Crippen molar-refractivity contribution in [2.45, 2.75) is 38.0 Å². The van der Waals surface area contributed by atoms with Gasteiger partial charge in [0.25, 0.3) is 0 Å².